The van der Waals surface area contributed by atoms with E-state index < -0.39 is 0 Å². The van der Waals surface area contributed by atoms with Gasteiger partial charge in [-0.1, -0.05) is 65.3 Å². The van der Waals surface area contributed by atoms with Gasteiger partial charge in [0.25, 0.3) is 0 Å². The van der Waals surface area contributed by atoms with Gasteiger partial charge in [0.05, 0.1) is 11.8 Å². The molecule has 0 aliphatic carbocycles. The van der Waals surface area contributed by atoms with E-state index in [1.54, 1.807) is 0 Å². The van der Waals surface area contributed by atoms with Crippen molar-refractivity contribution in [2.45, 2.75) is 25.0 Å². The summed E-state index contributed by atoms with van der Waals surface area (Å²) < 4.78 is 0. The van der Waals surface area contributed by atoms with E-state index in [0.717, 1.165) is 11.1 Å². The third-order valence-corrected chi connectivity index (χ3v) is 4.97. The van der Waals surface area contributed by atoms with Crippen molar-refractivity contribution >= 4 is 29.3 Å². The fraction of sp³-hybridized carbons (Fsp3) is 0.211. The lowest BCUT2D eigenvalue weighted by molar-refractivity contribution is -0.119. The van der Waals surface area contributed by atoms with Crippen LogP contribution in [0.25, 0.3) is 11.4 Å². The van der Waals surface area contributed by atoms with E-state index in [1.165, 1.54) is 17.3 Å². The van der Waals surface area contributed by atoms with Crippen molar-refractivity contribution in [3.05, 3.63) is 64.7 Å². The average Bonchev–Trinajstić information content (AvgIpc) is 3.10. The molecule has 1 heterocycles. The molecule has 0 aliphatic rings. The van der Waals surface area contributed by atoms with Crippen LogP contribution in [0.3, 0.4) is 0 Å². The molecule has 134 valence electrons. The van der Waals surface area contributed by atoms with Crippen LogP contribution in [0.5, 0.6) is 0 Å². The number of hydrogen-bond acceptors (Lipinski definition) is 4. The monoisotopic (exact) mass is 386 g/mol. The number of halogens is 1. The Balaban J connectivity index is 1.53. The number of H-pyrrole nitrogens is 1. The van der Waals surface area contributed by atoms with Gasteiger partial charge in [0.2, 0.25) is 11.1 Å². The smallest absolute Gasteiger partial charge is 0.230 e. The van der Waals surface area contributed by atoms with Gasteiger partial charge < -0.3 is 5.32 Å². The number of aromatic nitrogens is 3. The molecule has 0 unspecified atom stereocenters. The molecule has 7 heteroatoms. The Morgan fingerprint density at radius 2 is 1.88 bits per heavy atom. The molecule has 0 radical (unpaired) electrons. The number of hydrogen-bond donors (Lipinski definition) is 2. The highest BCUT2D eigenvalue weighted by atomic mass is 35.5. The number of benzene rings is 2. The second-order valence-corrected chi connectivity index (χ2v) is 7.34. The molecular formula is C19H19ClN4OS. The van der Waals surface area contributed by atoms with Gasteiger partial charge in [-0.2, -0.15) is 0 Å². The minimum absolute atomic E-state index is 0.0702. The van der Waals surface area contributed by atoms with Crippen LogP contribution < -0.4 is 5.32 Å². The highest BCUT2D eigenvalue weighted by Crippen LogP contribution is 2.20. The number of thioether (sulfide) groups is 1. The maximum absolute atomic E-state index is 12.2. The number of amides is 1. The lowest BCUT2D eigenvalue weighted by Crippen LogP contribution is -2.28. The maximum Gasteiger partial charge on any atom is 0.230 e. The Bertz CT molecular complexity index is 877. The quantitative estimate of drug-likeness (QED) is 0.616. The molecule has 0 saturated carbocycles. The summed E-state index contributed by atoms with van der Waals surface area (Å²) in [5.41, 5.74) is 3.16. The SMILES string of the molecule is Cc1ccc(-c2nc(SCC(=O)N[C@H](C)c3ccc(Cl)cc3)n[nH]2)cc1. The first-order chi connectivity index (χ1) is 12.5. The molecule has 5 nitrogen and oxygen atoms in total. The Labute approximate surface area is 161 Å². The lowest BCUT2D eigenvalue weighted by Gasteiger charge is -2.13. The summed E-state index contributed by atoms with van der Waals surface area (Å²) in [6.45, 7) is 3.98. The lowest BCUT2D eigenvalue weighted by atomic mass is 10.1. The zero-order valence-corrected chi connectivity index (χ0v) is 16.1. The number of rotatable bonds is 6. The summed E-state index contributed by atoms with van der Waals surface area (Å²) in [5, 5.41) is 11.3. The van der Waals surface area contributed by atoms with Crippen molar-refractivity contribution in [3.8, 4) is 11.4 Å². The predicted octanol–water partition coefficient (Wildman–Crippen LogP) is 4.40. The van der Waals surface area contributed by atoms with Crippen molar-refractivity contribution in [1.82, 2.24) is 20.5 Å². The summed E-state index contributed by atoms with van der Waals surface area (Å²) in [6, 6.07) is 15.4. The van der Waals surface area contributed by atoms with Crippen LogP contribution in [-0.4, -0.2) is 26.8 Å². The summed E-state index contributed by atoms with van der Waals surface area (Å²) >= 11 is 7.19. The van der Waals surface area contributed by atoms with Crippen LogP contribution >= 0.6 is 23.4 Å². The van der Waals surface area contributed by atoms with Gasteiger partial charge in [0.1, 0.15) is 0 Å². The van der Waals surface area contributed by atoms with Crippen molar-refractivity contribution < 1.29 is 4.79 Å². The van der Waals surface area contributed by atoms with Gasteiger partial charge in [-0.25, -0.2) is 4.98 Å². The summed E-state index contributed by atoms with van der Waals surface area (Å²) in [5.74, 6) is 0.880. The molecule has 2 N–H and O–H groups in total. The number of aromatic amines is 1. The van der Waals surface area contributed by atoms with Gasteiger partial charge in [-0.05, 0) is 31.5 Å². The molecular weight excluding hydrogens is 368 g/mol. The molecule has 26 heavy (non-hydrogen) atoms. The van der Waals surface area contributed by atoms with Crippen molar-refractivity contribution in [1.29, 1.82) is 0 Å². The van der Waals surface area contributed by atoms with E-state index in [-0.39, 0.29) is 17.7 Å². The fourth-order valence-corrected chi connectivity index (χ4v) is 3.14. The normalized spacial score (nSPS) is 12.0. The number of nitrogens with one attached hydrogen (secondary N) is 2. The highest BCUT2D eigenvalue weighted by molar-refractivity contribution is 7.99. The van der Waals surface area contributed by atoms with Crippen molar-refractivity contribution in [2.75, 3.05) is 5.75 Å². The fourth-order valence-electron chi connectivity index (χ4n) is 2.40. The maximum atomic E-state index is 12.2. The summed E-state index contributed by atoms with van der Waals surface area (Å²) in [7, 11) is 0. The average molecular weight is 387 g/mol. The van der Waals surface area contributed by atoms with E-state index in [2.05, 4.69) is 20.5 Å². The van der Waals surface area contributed by atoms with Crippen LogP contribution in [0.4, 0.5) is 0 Å². The first-order valence-corrected chi connectivity index (χ1v) is 9.54. The third kappa shape index (κ3) is 4.86. The van der Waals surface area contributed by atoms with Gasteiger partial charge in [0, 0.05) is 10.6 Å². The van der Waals surface area contributed by atoms with Crippen LogP contribution in [0, 0.1) is 6.92 Å². The van der Waals surface area contributed by atoms with Crippen molar-refractivity contribution in [2.24, 2.45) is 0 Å². The first-order valence-electron chi connectivity index (χ1n) is 8.18. The van der Waals surface area contributed by atoms with E-state index in [4.69, 9.17) is 11.6 Å². The van der Waals surface area contributed by atoms with E-state index in [1.807, 2.05) is 62.4 Å². The Hall–Kier alpha value is -2.31. The molecule has 1 atom stereocenters. The highest BCUT2D eigenvalue weighted by Gasteiger charge is 2.12. The second-order valence-electron chi connectivity index (χ2n) is 5.96. The molecule has 3 aromatic rings. The molecule has 0 bridgehead atoms. The number of nitrogens with zero attached hydrogens (tertiary/aromatic N) is 2. The Morgan fingerprint density at radius 3 is 2.58 bits per heavy atom. The zero-order valence-electron chi connectivity index (χ0n) is 14.5. The topological polar surface area (TPSA) is 70.7 Å². The predicted molar refractivity (Wildman–Crippen MR) is 105 cm³/mol. The minimum atomic E-state index is -0.0874. The van der Waals surface area contributed by atoms with E-state index in [0.29, 0.717) is 16.0 Å². The van der Waals surface area contributed by atoms with Gasteiger partial charge in [-0.15, -0.1) is 5.10 Å². The molecule has 1 amide bonds. The van der Waals surface area contributed by atoms with E-state index in [9.17, 15) is 4.79 Å². The largest absolute Gasteiger partial charge is 0.349 e. The molecule has 0 spiro atoms. The van der Waals surface area contributed by atoms with Crippen LogP contribution in [0.2, 0.25) is 5.02 Å². The molecule has 0 fully saturated rings. The van der Waals surface area contributed by atoms with Gasteiger partial charge in [0.15, 0.2) is 5.82 Å². The first kappa shape index (κ1) is 18.5. The number of carbonyl (C=O) groups is 1. The summed E-state index contributed by atoms with van der Waals surface area (Å²) in [6.07, 6.45) is 0. The standard InChI is InChI=1S/C19H19ClN4OS/c1-12-3-5-15(6-4-12)18-22-19(24-23-18)26-11-17(25)21-13(2)14-7-9-16(20)10-8-14/h3-10,13H,11H2,1-2H3,(H,21,25)(H,22,23,24)/t13-/m1/s1. The van der Waals surface area contributed by atoms with Crippen LogP contribution in [0.1, 0.15) is 24.1 Å². The molecule has 0 aliphatic heterocycles. The zero-order chi connectivity index (χ0) is 18.5. The van der Waals surface area contributed by atoms with Gasteiger partial charge in [-0.3, -0.25) is 9.89 Å². The minimum Gasteiger partial charge on any atom is -0.349 e. The molecule has 0 saturated heterocycles. The van der Waals surface area contributed by atoms with Crippen LogP contribution in [0.15, 0.2) is 53.7 Å². The van der Waals surface area contributed by atoms with Crippen LogP contribution in [-0.2, 0) is 4.79 Å². The second kappa shape index (κ2) is 8.38. The molecule has 1 aromatic heterocycles. The van der Waals surface area contributed by atoms with E-state index >= 15 is 0 Å². The number of aryl methyl sites for hydroxylation is 1. The summed E-state index contributed by atoms with van der Waals surface area (Å²) in [4.78, 5) is 16.6. The van der Waals surface area contributed by atoms with Crippen molar-refractivity contribution in [3.63, 3.8) is 0 Å². The van der Waals surface area contributed by atoms with Gasteiger partial charge >= 0.3 is 0 Å². The Morgan fingerprint density at radius 1 is 1.19 bits per heavy atom. The third-order valence-electron chi connectivity index (χ3n) is 3.87. The Kier molecular flexibility index (Phi) is 5.96. The molecule has 3 rings (SSSR count). The number of carbonyl (C=O) groups excluding carboxylic acids is 1. The molecule has 2 aromatic carbocycles.